The average Bonchev–Trinajstić information content (AvgIpc) is 2.67. The fourth-order valence-electron chi connectivity index (χ4n) is 2.87. The molecule has 5 heteroatoms. The van der Waals surface area contributed by atoms with Crippen molar-refractivity contribution in [2.24, 2.45) is 0 Å². The van der Waals surface area contributed by atoms with Gasteiger partial charge in [-0.2, -0.15) is 0 Å². The van der Waals surface area contributed by atoms with Crippen molar-refractivity contribution in [3.63, 3.8) is 0 Å². The lowest BCUT2D eigenvalue weighted by atomic mass is 10.0. The average molecular weight is 290 g/mol. The van der Waals surface area contributed by atoms with E-state index in [0.29, 0.717) is 6.54 Å². The SMILES string of the molecule is CCC1CN(C)CCCN1C(=O)c1ccccc1C(=O)O. The van der Waals surface area contributed by atoms with Gasteiger partial charge in [-0.3, -0.25) is 4.79 Å². The lowest BCUT2D eigenvalue weighted by Crippen LogP contribution is -2.43. The molecule has 1 aromatic rings. The number of hydrogen-bond donors (Lipinski definition) is 1. The second kappa shape index (κ2) is 6.72. The summed E-state index contributed by atoms with van der Waals surface area (Å²) in [5, 5.41) is 9.25. The van der Waals surface area contributed by atoms with Crippen LogP contribution in [0.2, 0.25) is 0 Å². The van der Waals surface area contributed by atoms with Crippen molar-refractivity contribution in [1.82, 2.24) is 9.80 Å². The van der Waals surface area contributed by atoms with Crippen LogP contribution in [-0.4, -0.2) is 59.5 Å². The first-order chi connectivity index (χ1) is 10.0. The quantitative estimate of drug-likeness (QED) is 0.924. The van der Waals surface area contributed by atoms with Crippen molar-refractivity contribution in [3.8, 4) is 0 Å². The summed E-state index contributed by atoms with van der Waals surface area (Å²) in [6.45, 7) is 4.53. The maximum Gasteiger partial charge on any atom is 0.336 e. The predicted molar refractivity (Wildman–Crippen MR) is 80.6 cm³/mol. The number of carboxylic acid groups (broad SMARTS) is 1. The smallest absolute Gasteiger partial charge is 0.336 e. The Morgan fingerprint density at radius 1 is 1.24 bits per heavy atom. The zero-order valence-electron chi connectivity index (χ0n) is 12.6. The second-order valence-corrected chi connectivity index (χ2v) is 5.53. The summed E-state index contributed by atoms with van der Waals surface area (Å²) < 4.78 is 0. The van der Waals surface area contributed by atoms with Crippen molar-refractivity contribution in [1.29, 1.82) is 0 Å². The number of likely N-dealkylation sites (N-methyl/N-ethyl adjacent to an activating group) is 1. The van der Waals surface area contributed by atoms with Gasteiger partial charge in [-0.15, -0.1) is 0 Å². The summed E-state index contributed by atoms with van der Waals surface area (Å²) in [7, 11) is 2.06. The Balaban J connectivity index is 2.31. The summed E-state index contributed by atoms with van der Waals surface area (Å²) in [5.74, 6) is -1.23. The Labute approximate surface area is 125 Å². The summed E-state index contributed by atoms with van der Waals surface area (Å²) in [6, 6.07) is 6.58. The molecule has 1 atom stereocenters. The minimum absolute atomic E-state index is 0.0787. The van der Waals surface area contributed by atoms with Crippen LogP contribution in [0.15, 0.2) is 24.3 Å². The van der Waals surface area contributed by atoms with Gasteiger partial charge in [0.2, 0.25) is 0 Å². The van der Waals surface area contributed by atoms with E-state index in [1.54, 1.807) is 18.2 Å². The maximum absolute atomic E-state index is 12.8. The van der Waals surface area contributed by atoms with E-state index in [1.807, 2.05) is 4.90 Å². The minimum atomic E-state index is -1.06. The molecule has 21 heavy (non-hydrogen) atoms. The van der Waals surface area contributed by atoms with Crippen LogP contribution < -0.4 is 0 Å². The van der Waals surface area contributed by atoms with E-state index in [0.717, 1.165) is 25.9 Å². The summed E-state index contributed by atoms with van der Waals surface area (Å²) in [5.41, 5.74) is 0.364. The number of hydrogen-bond acceptors (Lipinski definition) is 3. The number of rotatable bonds is 3. The highest BCUT2D eigenvalue weighted by Gasteiger charge is 2.28. The fourth-order valence-corrected chi connectivity index (χ4v) is 2.87. The number of amides is 1. The van der Waals surface area contributed by atoms with Crippen molar-refractivity contribution < 1.29 is 14.7 Å². The van der Waals surface area contributed by atoms with Gasteiger partial charge >= 0.3 is 5.97 Å². The standard InChI is InChI=1S/C16H22N2O3/c1-3-12-11-17(2)9-6-10-18(12)15(19)13-7-4-5-8-14(13)16(20)21/h4-5,7-8,12H,3,6,9-11H2,1-2H3,(H,20,21). The third-order valence-corrected chi connectivity index (χ3v) is 4.02. The van der Waals surface area contributed by atoms with Gasteiger partial charge in [-0.25, -0.2) is 4.79 Å². The zero-order chi connectivity index (χ0) is 15.4. The van der Waals surface area contributed by atoms with E-state index in [1.165, 1.54) is 6.07 Å². The second-order valence-electron chi connectivity index (χ2n) is 5.53. The molecule has 1 aromatic carbocycles. The molecule has 1 unspecified atom stereocenters. The molecule has 0 bridgehead atoms. The predicted octanol–water partition coefficient (Wildman–Crippen LogP) is 1.94. The molecule has 0 aromatic heterocycles. The molecule has 1 heterocycles. The van der Waals surface area contributed by atoms with Crippen LogP contribution in [0.4, 0.5) is 0 Å². The molecule has 1 fully saturated rings. The van der Waals surface area contributed by atoms with Gasteiger partial charge in [0.05, 0.1) is 11.1 Å². The highest BCUT2D eigenvalue weighted by molar-refractivity contribution is 6.04. The molecule has 1 aliphatic rings. The lowest BCUT2D eigenvalue weighted by molar-refractivity contribution is 0.0642. The fraction of sp³-hybridized carbons (Fsp3) is 0.500. The van der Waals surface area contributed by atoms with Crippen LogP contribution in [0.25, 0.3) is 0 Å². The first kappa shape index (κ1) is 15.5. The third kappa shape index (κ3) is 3.42. The summed E-state index contributed by atoms with van der Waals surface area (Å²) in [6.07, 6.45) is 1.78. The van der Waals surface area contributed by atoms with Crippen molar-refractivity contribution >= 4 is 11.9 Å². The normalized spacial score (nSPS) is 20.1. The summed E-state index contributed by atoms with van der Waals surface area (Å²) in [4.78, 5) is 28.2. The molecule has 1 amide bonds. The van der Waals surface area contributed by atoms with Gasteiger partial charge in [0.1, 0.15) is 0 Å². The number of aromatic carboxylic acids is 1. The number of benzene rings is 1. The Bertz CT molecular complexity index is 530. The molecular formula is C16H22N2O3. The van der Waals surface area contributed by atoms with Crippen molar-refractivity contribution in [2.45, 2.75) is 25.8 Å². The van der Waals surface area contributed by atoms with Gasteiger partial charge in [0, 0.05) is 19.1 Å². The Morgan fingerprint density at radius 3 is 2.52 bits per heavy atom. The molecular weight excluding hydrogens is 268 g/mol. The molecule has 0 aliphatic carbocycles. The maximum atomic E-state index is 12.8. The van der Waals surface area contributed by atoms with Crippen LogP contribution in [0.3, 0.4) is 0 Å². The number of carbonyl (C=O) groups excluding carboxylic acids is 1. The van der Waals surface area contributed by atoms with Crippen molar-refractivity contribution in [2.75, 3.05) is 26.7 Å². The zero-order valence-corrected chi connectivity index (χ0v) is 12.6. The largest absolute Gasteiger partial charge is 0.478 e. The van der Waals surface area contributed by atoms with E-state index < -0.39 is 5.97 Å². The molecule has 2 rings (SSSR count). The molecule has 0 saturated carbocycles. The van der Waals surface area contributed by atoms with Gasteiger partial charge in [-0.1, -0.05) is 19.1 Å². The first-order valence-corrected chi connectivity index (χ1v) is 7.36. The van der Waals surface area contributed by atoms with E-state index in [2.05, 4.69) is 18.9 Å². The Hall–Kier alpha value is -1.88. The molecule has 0 spiro atoms. The topological polar surface area (TPSA) is 60.9 Å². The molecule has 0 radical (unpaired) electrons. The van der Waals surface area contributed by atoms with E-state index in [-0.39, 0.29) is 23.1 Å². The van der Waals surface area contributed by atoms with Gasteiger partial charge in [0.25, 0.3) is 5.91 Å². The molecule has 1 saturated heterocycles. The van der Waals surface area contributed by atoms with Gasteiger partial charge in [-0.05, 0) is 38.6 Å². The molecule has 1 aliphatic heterocycles. The molecule has 1 N–H and O–H groups in total. The van der Waals surface area contributed by atoms with E-state index >= 15 is 0 Å². The highest BCUT2D eigenvalue weighted by atomic mass is 16.4. The van der Waals surface area contributed by atoms with Crippen molar-refractivity contribution in [3.05, 3.63) is 35.4 Å². The van der Waals surface area contributed by atoms with Crippen LogP contribution in [0, 0.1) is 0 Å². The van der Waals surface area contributed by atoms with E-state index in [4.69, 9.17) is 0 Å². The Morgan fingerprint density at radius 2 is 1.90 bits per heavy atom. The van der Waals surface area contributed by atoms with Crippen LogP contribution >= 0.6 is 0 Å². The minimum Gasteiger partial charge on any atom is -0.478 e. The number of nitrogens with zero attached hydrogens (tertiary/aromatic N) is 2. The molecule has 114 valence electrons. The van der Waals surface area contributed by atoms with Gasteiger partial charge < -0.3 is 14.9 Å². The summed E-state index contributed by atoms with van der Waals surface area (Å²) >= 11 is 0. The number of carbonyl (C=O) groups is 2. The third-order valence-electron chi connectivity index (χ3n) is 4.02. The molecule has 5 nitrogen and oxygen atoms in total. The first-order valence-electron chi connectivity index (χ1n) is 7.36. The van der Waals surface area contributed by atoms with Crippen LogP contribution in [0.1, 0.15) is 40.5 Å². The van der Waals surface area contributed by atoms with Crippen LogP contribution in [-0.2, 0) is 0 Å². The highest BCUT2D eigenvalue weighted by Crippen LogP contribution is 2.18. The van der Waals surface area contributed by atoms with Gasteiger partial charge in [0.15, 0.2) is 0 Å². The Kier molecular flexibility index (Phi) is 4.96. The van der Waals surface area contributed by atoms with E-state index in [9.17, 15) is 14.7 Å². The monoisotopic (exact) mass is 290 g/mol. The lowest BCUT2D eigenvalue weighted by Gasteiger charge is -2.30. The number of carboxylic acids is 1. The van der Waals surface area contributed by atoms with Crippen LogP contribution in [0.5, 0.6) is 0 Å².